The summed E-state index contributed by atoms with van der Waals surface area (Å²) in [6.45, 7) is 4.32. The van der Waals surface area contributed by atoms with E-state index >= 15 is 0 Å². The Morgan fingerprint density at radius 2 is 1.84 bits per heavy atom. The molecule has 4 aromatic rings. The van der Waals surface area contributed by atoms with Crippen LogP contribution in [0.15, 0.2) is 42.7 Å². The first kappa shape index (κ1) is 20.5. The summed E-state index contributed by atoms with van der Waals surface area (Å²) in [7, 11) is 0. The van der Waals surface area contributed by atoms with Gasteiger partial charge >= 0.3 is 0 Å². The summed E-state index contributed by atoms with van der Waals surface area (Å²) in [5, 5.41) is 0. The number of ether oxygens (including phenoxy) is 1. The number of hydrogen-bond acceptors (Lipinski definition) is 6. The van der Waals surface area contributed by atoms with Crippen LogP contribution in [0.5, 0.6) is 0 Å². The number of aromatic nitrogens is 5. The Hall–Kier alpha value is -3.39. The molecule has 8 heteroatoms. The van der Waals surface area contributed by atoms with Crippen LogP contribution >= 0.6 is 0 Å². The molecule has 1 aliphatic heterocycles. The van der Waals surface area contributed by atoms with Gasteiger partial charge in [0.1, 0.15) is 28.7 Å². The van der Waals surface area contributed by atoms with Crippen molar-refractivity contribution in [1.82, 2.24) is 24.9 Å². The summed E-state index contributed by atoms with van der Waals surface area (Å²) < 4.78 is 34.2. The average molecular weight is 433 g/mol. The first-order valence-corrected chi connectivity index (χ1v) is 10.5. The van der Waals surface area contributed by atoms with E-state index in [1.165, 1.54) is 12.1 Å². The predicted octanol–water partition coefficient (Wildman–Crippen LogP) is 5.01. The number of aryl methyl sites for hydroxylation is 2. The minimum Gasteiger partial charge on any atom is -0.373 e. The molecule has 1 aliphatic rings. The minimum absolute atomic E-state index is 0.00352. The zero-order valence-electron chi connectivity index (χ0n) is 17.7. The summed E-state index contributed by atoms with van der Waals surface area (Å²) in [6.07, 6.45) is 4.67. The monoisotopic (exact) mass is 433 g/mol. The van der Waals surface area contributed by atoms with E-state index in [1.54, 1.807) is 12.4 Å². The molecule has 1 fully saturated rings. The highest BCUT2D eigenvalue weighted by Gasteiger charge is 2.29. The van der Waals surface area contributed by atoms with Gasteiger partial charge in [0.15, 0.2) is 5.65 Å². The Labute approximate surface area is 183 Å². The molecule has 0 saturated carbocycles. The van der Waals surface area contributed by atoms with Crippen LogP contribution in [0.1, 0.15) is 47.6 Å². The Morgan fingerprint density at radius 3 is 2.66 bits per heavy atom. The van der Waals surface area contributed by atoms with Crippen molar-refractivity contribution >= 4 is 11.2 Å². The van der Waals surface area contributed by atoms with Crippen LogP contribution in [-0.4, -0.2) is 31.5 Å². The molecule has 32 heavy (non-hydrogen) atoms. The van der Waals surface area contributed by atoms with Crippen LogP contribution in [0, 0.1) is 25.5 Å². The van der Waals surface area contributed by atoms with Crippen molar-refractivity contribution in [3.05, 3.63) is 77.1 Å². The highest BCUT2D eigenvalue weighted by molar-refractivity contribution is 5.86. The lowest BCUT2D eigenvalue weighted by molar-refractivity contribution is 0.00393. The van der Waals surface area contributed by atoms with Crippen LogP contribution in [0.3, 0.4) is 0 Å². The number of pyridine rings is 1. The fourth-order valence-corrected chi connectivity index (χ4v) is 4.09. The molecular formula is C24H21F2N5O. The second-order valence-electron chi connectivity index (χ2n) is 8.05. The Kier molecular flexibility index (Phi) is 5.30. The fraction of sp³-hybridized carbons (Fsp3) is 0.292. The van der Waals surface area contributed by atoms with Crippen molar-refractivity contribution in [3.8, 4) is 11.3 Å². The smallest absolute Gasteiger partial charge is 0.182 e. The lowest BCUT2D eigenvalue weighted by Gasteiger charge is -2.29. The Morgan fingerprint density at radius 1 is 0.969 bits per heavy atom. The number of rotatable bonds is 3. The van der Waals surface area contributed by atoms with Gasteiger partial charge in [0, 0.05) is 42.2 Å². The molecule has 2 atom stereocenters. The van der Waals surface area contributed by atoms with Gasteiger partial charge in [-0.05, 0) is 56.5 Å². The van der Waals surface area contributed by atoms with Gasteiger partial charge in [0.25, 0.3) is 0 Å². The van der Waals surface area contributed by atoms with Gasteiger partial charge in [-0.15, -0.1) is 0 Å². The van der Waals surface area contributed by atoms with Gasteiger partial charge in [-0.1, -0.05) is 0 Å². The van der Waals surface area contributed by atoms with Gasteiger partial charge in [-0.2, -0.15) is 0 Å². The van der Waals surface area contributed by atoms with Crippen LogP contribution in [-0.2, 0) is 4.74 Å². The zero-order chi connectivity index (χ0) is 22.2. The SMILES string of the molecule is Cc1cc([C@H]2C[C@@H](c3nc(-c4ccc(F)cc4F)c4ncc(C)nc4n3)CCO2)ccn1. The number of benzene rings is 1. The minimum atomic E-state index is -0.699. The van der Waals surface area contributed by atoms with Crippen molar-refractivity contribution in [2.24, 2.45) is 0 Å². The maximum atomic E-state index is 14.7. The lowest BCUT2D eigenvalue weighted by Crippen LogP contribution is -2.21. The third kappa shape index (κ3) is 3.93. The molecule has 4 heterocycles. The summed E-state index contributed by atoms with van der Waals surface area (Å²) in [6, 6.07) is 7.41. The molecule has 0 radical (unpaired) electrons. The van der Waals surface area contributed by atoms with Gasteiger partial charge < -0.3 is 4.74 Å². The van der Waals surface area contributed by atoms with Crippen molar-refractivity contribution < 1.29 is 13.5 Å². The van der Waals surface area contributed by atoms with Crippen LogP contribution in [0.2, 0.25) is 0 Å². The first-order valence-electron chi connectivity index (χ1n) is 10.5. The molecule has 0 aliphatic carbocycles. The van der Waals surface area contributed by atoms with E-state index in [4.69, 9.17) is 9.72 Å². The molecule has 0 bridgehead atoms. The molecule has 0 unspecified atom stereocenters. The van der Waals surface area contributed by atoms with Crippen molar-refractivity contribution in [2.45, 2.75) is 38.7 Å². The fourth-order valence-electron chi connectivity index (χ4n) is 4.09. The van der Waals surface area contributed by atoms with E-state index in [-0.39, 0.29) is 17.6 Å². The number of hydrogen-bond donors (Lipinski definition) is 0. The van der Waals surface area contributed by atoms with Gasteiger partial charge in [0.2, 0.25) is 0 Å². The number of halogens is 2. The Balaban J connectivity index is 1.59. The van der Waals surface area contributed by atoms with E-state index in [1.807, 2.05) is 26.0 Å². The highest BCUT2D eigenvalue weighted by atomic mass is 19.1. The summed E-state index contributed by atoms with van der Waals surface area (Å²) in [4.78, 5) is 22.6. The van der Waals surface area contributed by atoms with Crippen LogP contribution in [0.25, 0.3) is 22.4 Å². The predicted molar refractivity (Wildman–Crippen MR) is 115 cm³/mol. The standard InChI is InChI=1S/C24H21F2N5O/c1-13-9-15(5-7-27-13)20-10-16(6-8-32-20)23-30-21(18-4-3-17(25)11-19(18)26)22-24(31-23)29-14(2)12-28-22/h3-5,7,9,11-12,16,20H,6,8,10H2,1-2H3/t16-,20+/m0/s1. The maximum Gasteiger partial charge on any atom is 0.182 e. The quantitative estimate of drug-likeness (QED) is 0.452. The van der Waals surface area contributed by atoms with Crippen molar-refractivity contribution in [2.75, 3.05) is 6.61 Å². The lowest BCUT2D eigenvalue weighted by atomic mass is 9.91. The third-order valence-corrected chi connectivity index (χ3v) is 5.67. The van der Waals surface area contributed by atoms with Crippen LogP contribution < -0.4 is 0 Å². The van der Waals surface area contributed by atoms with E-state index in [9.17, 15) is 8.78 Å². The first-order chi connectivity index (χ1) is 15.5. The van der Waals surface area contributed by atoms with Gasteiger partial charge in [0.05, 0.1) is 11.8 Å². The van der Waals surface area contributed by atoms with E-state index < -0.39 is 11.6 Å². The summed E-state index contributed by atoms with van der Waals surface area (Å²) in [5.74, 6) is -0.784. The molecule has 162 valence electrons. The molecule has 0 N–H and O–H groups in total. The molecule has 5 rings (SSSR count). The largest absolute Gasteiger partial charge is 0.373 e. The second kappa shape index (κ2) is 8.27. The molecule has 1 saturated heterocycles. The van der Waals surface area contributed by atoms with E-state index in [2.05, 4.69) is 19.9 Å². The highest BCUT2D eigenvalue weighted by Crippen LogP contribution is 2.38. The van der Waals surface area contributed by atoms with Crippen molar-refractivity contribution in [3.63, 3.8) is 0 Å². The third-order valence-electron chi connectivity index (χ3n) is 5.67. The molecule has 6 nitrogen and oxygen atoms in total. The van der Waals surface area contributed by atoms with Crippen LogP contribution in [0.4, 0.5) is 8.78 Å². The molecule has 3 aromatic heterocycles. The summed E-state index contributed by atoms with van der Waals surface area (Å²) >= 11 is 0. The van der Waals surface area contributed by atoms with Gasteiger partial charge in [-0.25, -0.2) is 28.7 Å². The Bertz CT molecular complexity index is 1310. The molecular weight excluding hydrogens is 412 g/mol. The topological polar surface area (TPSA) is 73.7 Å². The van der Waals surface area contributed by atoms with Gasteiger partial charge in [-0.3, -0.25) is 4.98 Å². The maximum absolute atomic E-state index is 14.7. The zero-order valence-corrected chi connectivity index (χ0v) is 17.7. The van der Waals surface area contributed by atoms with E-state index in [0.29, 0.717) is 41.4 Å². The van der Waals surface area contributed by atoms with Crippen molar-refractivity contribution in [1.29, 1.82) is 0 Å². The molecule has 0 spiro atoms. The normalized spacial score (nSPS) is 18.8. The number of nitrogens with zero attached hydrogens (tertiary/aromatic N) is 5. The van der Waals surface area contributed by atoms with E-state index in [0.717, 1.165) is 23.7 Å². The molecule has 1 aromatic carbocycles. The average Bonchev–Trinajstić information content (AvgIpc) is 2.78. The second-order valence-corrected chi connectivity index (χ2v) is 8.05. The number of fused-ring (bicyclic) bond motifs is 1. The summed E-state index contributed by atoms with van der Waals surface area (Å²) in [5.41, 5.74) is 3.96. The molecule has 0 amide bonds.